The molecule has 0 radical (unpaired) electrons. The second kappa shape index (κ2) is 11.3. The molecule has 198 valence electrons. The van der Waals surface area contributed by atoms with Crippen molar-refractivity contribution in [2.24, 2.45) is 0 Å². The summed E-state index contributed by atoms with van der Waals surface area (Å²) in [5.74, 6) is 3.03. The number of aromatic nitrogens is 2. The second-order valence-electron chi connectivity index (χ2n) is 9.75. The molecule has 0 unspecified atom stereocenters. The van der Waals surface area contributed by atoms with Gasteiger partial charge in [0.05, 0.1) is 27.0 Å². The van der Waals surface area contributed by atoms with Crippen LogP contribution in [0.15, 0.2) is 36.5 Å². The summed E-state index contributed by atoms with van der Waals surface area (Å²) in [5, 5.41) is 3.34. The molecule has 0 atom stereocenters. The van der Waals surface area contributed by atoms with Gasteiger partial charge in [0, 0.05) is 36.1 Å². The first-order valence-corrected chi connectivity index (χ1v) is 12.8. The van der Waals surface area contributed by atoms with E-state index in [2.05, 4.69) is 55.0 Å². The molecular weight excluding hydrogens is 468 g/mol. The predicted octanol–water partition coefficient (Wildman–Crippen LogP) is 5.47. The summed E-state index contributed by atoms with van der Waals surface area (Å²) in [6.07, 6.45) is 2.78. The predicted molar refractivity (Wildman–Crippen MR) is 147 cm³/mol. The minimum absolute atomic E-state index is 0.0202. The lowest BCUT2D eigenvalue weighted by Gasteiger charge is -2.33. The fourth-order valence-corrected chi connectivity index (χ4v) is 4.90. The highest BCUT2D eigenvalue weighted by Crippen LogP contribution is 2.44. The minimum atomic E-state index is -0.0202. The van der Waals surface area contributed by atoms with E-state index in [4.69, 9.17) is 23.9 Å². The Morgan fingerprint density at radius 2 is 1.73 bits per heavy atom. The molecule has 37 heavy (non-hydrogen) atoms. The summed E-state index contributed by atoms with van der Waals surface area (Å²) in [5.41, 5.74) is 5.08. The van der Waals surface area contributed by atoms with Gasteiger partial charge in [-0.05, 0) is 48.2 Å². The average molecular weight is 507 g/mol. The van der Waals surface area contributed by atoms with Crippen molar-refractivity contribution in [1.29, 1.82) is 0 Å². The first-order chi connectivity index (χ1) is 17.8. The number of ether oxygens (including phenoxy) is 4. The zero-order valence-electron chi connectivity index (χ0n) is 23.0. The summed E-state index contributed by atoms with van der Waals surface area (Å²) in [6, 6.07) is 9.97. The number of fused-ring (bicyclic) bond motifs is 3. The lowest BCUT2D eigenvalue weighted by molar-refractivity contribution is 0.215. The van der Waals surface area contributed by atoms with E-state index in [0.29, 0.717) is 29.8 Å². The summed E-state index contributed by atoms with van der Waals surface area (Å²) in [6.45, 7) is 12.1. The molecule has 8 nitrogen and oxygen atoms in total. The van der Waals surface area contributed by atoms with Gasteiger partial charge in [-0.2, -0.15) is 0 Å². The van der Waals surface area contributed by atoms with Crippen LogP contribution in [0.1, 0.15) is 38.8 Å². The second-order valence-corrected chi connectivity index (χ2v) is 9.75. The van der Waals surface area contributed by atoms with Crippen LogP contribution >= 0.6 is 0 Å². The first kappa shape index (κ1) is 26.5. The van der Waals surface area contributed by atoms with Crippen LogP contribution in [-0.2, 0) is 11.8 Å². The molecule has 0 spiro atoms. The van der Waals surface area contributed by atoms with Crippen molar-refractivity contribution in [2.75, 3.05) is 52.9 Å². The Labute approximate surface area is 219 Å². The molecule has 0 amide bonds. The Morgan fingerprint density at radius 1 is 0.973 bits per heavy atom. The Hall–Kier alpha value is -3.52. The van der Waals surface area contributed by atoms with Crippen molar-refractivity contribution in [2.45, 2.75) is 39.5 Å². The van der Waals surface area contributed by atoms with E-state index in [1.807, 2.05) is 24.4 Å². The Kier molecular flexibility index (Phi) is 8.07. The van der Waals surface area contributed by atoms with E-state index in [1.54, 1.807) is 21.3 Å². The van der Waals surface area contributed by atoms with E-state index in [-0.39, 0.29) is 5.41 Å². The molecule has 1 N–H and O–H groups in total. The molecule has 1 aromatic heterocycles. The van der Waals surface area contributed by atoms with E-state index < -0.39 is 0 Å². The van der Waals surface area contributed by atoms with Crippen molar-refractivity contribution >= 4 is 11.6 Å². The van der Waals surface area contributed by atoms with Gasteiger partial charge in [0.2, 0.25) is 11.7 Å². The van der Waals surface area contributed by atoms with Gasteiger partial charge >= 0.3 is 0 Å². The summed E-state index contributed by atoms with van der Waals surface area (Å²) in [7, 11) is 4.91. The van der Waals surface area contributed by atoms with E-state index >= 15 is 0 Å². The van der Waals surface area contributed by atoms with Gasteiger partial charge in [-0.25, -0.2) is 9.97 Å². The van der Waals surface area contributed by atoms with Crippen LogP contribution in [0, 0.1) is 0 Å². The SMILES string of the molecule is CCN(CC)CCOc1cc(Nc2ncc3c(n2)-c2cc(OC)ccc2C(C)(C)C3)cc(OC)c1OC. The minimum Gasteiger partial charge on any atom is -0.497 e. The van der Waals surface area contributed by atoms with Gasteiger partial charge < -0.3 is 29.2 Å². The largest absolute Gasteiger partial charge is 0.497 e. The molecule has 1 aliphatic rings. The quantitative estimate of drug-likeness (QED) is 0.367. The molecule has 1 aliphatic carbocycles. The molecule has 0 fully saturated rings. The molecule has 3 aromatic rings. The van der Waals surface area contributed by atoms with Gasteiger partial charge in [0.25, 0.3) is 0 Å². The Bertz CT molecular complexity index is 1240. The number of nitrogens with one attached hydrogen (secondary N) is 1. The third-order valence-corrected chi connectivity index (χ3v) is 6.97. The number of nitrogens with zero attached hydrogens (tertiary/aromatic N) is 3. The van der Waals surface area contributed by atoms with Crippen LogP contribution < -0.4 is 24.3 Å². The molecule has 8 heteroatoms. The smallest absolute Gasteiger partial charge is 0.227 e. The zero-order valence-corrected chi connectivity index (χ0v) is 23.0. The van der Waals surface area contributed by atoms with Crippen LogP contribution in [0.25, 0.3) is 11.3 Å². The molecule has 0 saturated heterocycles. The number of benzene rings is 2. The Balaban J connectivity index is 1.65. The van der Waals surface area contributed by atoms with Crippen molar-refractivity contribution in [1.82, 2.24) is 14.9 Å². The maximum atomic E-state index is 6.13. The van der Waals surface area contributed by atoms with Crippen LogP contribution in [0.3, 0.4) is 0 Å². The van der Waals surface area contributed by atoms with Gasteiger partial charge in [-0.3, -0.25) is 0 Å². The van der Waals surface area contributed by atoms with Crippen molar-refractivity contribution in [3.05, 3.63) is 47.7 Å². The van der Waals surface area contributed by atoms with Crippen molar-refractivity contribution < 1.29 is 18.9 Å². The highest BCUT2D eigenvalue weighted by molar-refractivity contribution is 5.74. The first-order valence-electron chi connectivity index (χ1n) is 12.8. The number of anilines is 2. The number of methoxy groups -OCH3 is 3. The van der Waals surface area contributed by atoms with E-state index in [9.17, 15) is 0 Å². The normalized spacial score (nSPS) is 13.5. The molecule has 1 heterocycles. The summed E-state index contributed by atoms with van der Waals surface area (Å²) in [4.78, 5) is 11.9. The van der Waals surface area contributed by atoms with Gasteiger partial charge in [-0.15, -0.1) is 0 Å². The van der Waals surface area contributed by atoms with Crippen LogP contribution in [0.5, 0.6) is 23.0 Å². The molecule has 4 rings (SSSR count). The van der Waals surface area contributed by atoms with Crippen molar-refractivity contribution in [3.63, 3.8) is 0 Å². The third kappa shape index (κ3) is 5.59. The van der Waals surface area contributed by atoms with Crippen LogP contribution in [0.2, 0.25) is 0 Å². The monoisotopic (exact) mass is 506 g/mol. The summed E-state index contributed by atoms with van der Waals surface area (Å²) < 4.78 is 22.8. The number of likely N-dealkylation sites (N-methyl/N-ethyl adjacent to an activating group) is 1. The van der Waals surface area contributed by atoms with Crippen LogP contribution in [0.4, 0.5) is 11.6 Å². The lowest BCUT2D eigenvalue weighted by atomic mass is 9.72. The molecular formula is C29H38N4O4. The Morgan fingerprint density at radius 3 is 2.41 bits per heavy atom. The number of hydrogen-bond acceptors (Lipinski definition) is 8. The van der Waals surface area contributed by atoms with Crippen molar-refractivity contribution in [3.8, 4) is 34.3 Å². The third-order valence-electron chi connectivity index (χ3n) is 6.97. The maximum Gasteiger partial charge on any atom is 0.227 e. The zero-order chi connectivity index (χ0) is 26.6. The van der Waals surface area contributed by atoms with E-state index in [0.717, 1.165) is 54.3 Å². The summed E-state index contributed by atoms with van der Waals surface area (Å²) >= 11 is 0. The number of rotatable bonds is 11. The topological polar surface area (TPSA) is 78.0 Å². The van der Waals surface area contributed by atoms with Crippen LogP contribution in [-0.4, -0.2) is 62.4 Å². The molecule has 0 aliphatic heterocycles. The molecule has 0 bridgehead atoms. The average Bonchev–Trinajstić information content (AvgIpc) is 2.90. The molecule has 0 saturated carbocycles. The lowest BCUT2D eigenvalue weighted by Crippen LogP contribution is -2.28. The highest BCUT2D eigenvalue weighted by Gasteiger charge is 2.32. The number of hydrogen-bond donors (Lipinski definition) is 1. The molecule has 2 aromatic carbocycles. The standard InChI is InChI=1S/C29H38N4O4/c1-8-33(9-2)12-13-37-25-15-20(14-24(35-6)27(25)36-7)31-28-30-18-19-17-29(3,4)23-11-10-21(34-5)16-22(23)26(19)32-28/h10-11,14-16,18H,8-9,12-13,17H2,1-7H3,(H,30,31,32). The van der Waals surface area contributed by atoms with Gasteiger partial charge in [0.1, 0.15) is 12.4 Å². The highest BCUT2D eigenvalue weighted by atomic mass is 16.5. The van der Waals surface area contributed by atoms with E-state index in [1.165, 1.54) is 5.56 Å². The van der Waals surface area contributed by atoms with Gasteiger partial charge in [-0.1, -0.05) is 33.8 Å². The fraction of sp³-hybridized carbons (Fsp3) is 0.448. The maximum absolute atomic E-state index is 6.13. The van der Waals surface area contributed by atoms with Gasteiger partial charge in [0.15, 0.2) is 11.5 Å². The fourth-order valence-electron chi connectivity index (χ4n) is 4.90.